The second-order valence-corrected chi connectivity index (χ2v) is 6.35. The van der Waals surface area contributed by atoms with E-state index in [0.717, 1.165) is 16.6 Å². The summed E-state index contributed by atoms with van der Waals surface area (Å²) in [6.07, 6.45) is 0.0826. The summed E-state index contributed by atoms with van der Waals surface area (Å²) in [5.74, 6) is -0.00724. The van der Waals surface area contributed by atoms with Gasteiger partial charge in [0, 0.05) is 13.1 Å². The van der Waals surface area contributed by atoms with E-state index in [2.05, 4.69) is 4.98 Å². The Hall–Kier alpha value is -2.53. The minimum Gasteiger partial charge on any atom is -0.372 e. The quantitative estimate of drug-likeness (QED) is 0.647. The van der Waals surface area contributed by atoms with Crippen LogP contribution in [0.4, 0.5) is 0 Å². The molecule has 24 heavy (non-hydrogen) atoms. The molecule has 0 saturated carbocycles. The lowest BCUT2D eigenvalue weighted by atomic mass is 10.1. The first kappa shape index (κ1) is 15.0. The standard InChI is InChI=1S/C19H19N3O2/c1-12-10-22(11-13(2)24-12)19(23)14-6-5-9-17-18(14)21-16-8-4-3-7-15(16)20-17/h3-9,12-13H,10-11H2,1-2H3/t12-,13+. The molecule has 1 aliphatic rings. The van der Waals surface area contributed by atoms with Gasteiger partial charge in [0.25, 0.3) is 5.91 Å². The van der Waals surface area contributed by atoms with Crippen molar-refractivity contribution in [3.05, 3.63) is 48.0 Å². The molecule has 0 aliphatic carbocycles. The number of nitrogens with zero attached hydrogens (tertiary/aromatic N) is 3. The van der Waals surface area contributed by atoms with Crippen molar-refractivity contribution in [3.8, 4) is 0 Å². The first-order valence-electron chi connectivity index (χ1n) is 8.22. The van der Waals surface area contributed by atoms with E-state index in [-0.39, 0.29) is 18.1 Å². The number of ether oxygens (including phenoxy) is 1. The third-order valence-electron chi connectivity index (χ3n) is 4.31. The highest BCUT2D eigenvalue weighted by molar-refractivity contribution is 6.06. The number of hydrogen-bond donors (Lipinski definition) is 0. The van der Waals surface area contributed by atoms with E-state index < -0.39 is 0 Å². The van der Waals surface area contributed by atoms with Crippen molar-refractivity contribution < 1.29 is 9.53 Å². The van der Waals surface area contributed by atoms with Gasteiger partial charge in [-0.1, -0.05) is 18.2 Å². The van der Waals surface area contributed by atoms with E-state index in [0.29, 0.717) is 24.2 Å². The monoisotopic (exact) mass is 321 g/mol. The fraction of sp³-hybridized carbons (Fsp3) is 0.316. The molecule has 0 bridgehead atoms. The molecule has 1 amide bonds. The highest BCUT2D eigenvalue weighted by Gasteiger charge is 2.27. The smallest absolute Gasteiger partial charge is 0.256 e. The van der Waals surface area contributed by atoms with Gasteiger partial charge in [0.15, 0.2) is 0 Å². The summed E-state index contributed by atoms with van der Waals surface area (Å²) in [4.78, 5) is 24.2. The lowest BCUT2D eigenvalue weighted by Gasteiger charge is -2.35. The van der Waals surface area contributed by atoms with Gasteiger partial charge in [0.1, 0.15) is 5.52 Å². The van der Waals surface area contributed by atoms with Gasteiger partial charge in [0.05, 0.1) is 34.3 Å². The van der Waals surface area contributed by atoms with Gasteiger partial charge < -0.3 is 9.64 Å². The van der Waals surface area contributed by atoms with E-state index in [1.165, 1.54) is 0 Å². The Morgan fingerprint density at radius 2 is 1.58 bits per heavy atom. The van der Waals surface area contributed by atoms with Crippen LogP contribution in [0.1, 0.15) is 24.2 Å². The molecule has 122 valence electrons. The van der Waals surface area contributed by atoms with Gasteiger partial charge >= 0.3 is 0 Å². The second kappa shape index (κ2) is 5.83. The van der Waals surface area contributed by atoms with E-state index in [1.807, 2.05) is 61.2 Å². The van der Waals surface area contributed by atoms with Crippen molar-refractivity contribution in [1.82, 2.24) is 14.9 Å². The van der Waals surface area contributed by atoms with Gasteiger partial charge in [-0.15, -0.1) is 0 Å². The largest absolute Gasteiger partial charge is 0.372 e. The van der Waals surface area contributed by atoms with Crippen LogP contribution in [0, 0.1) is 0 Å². The molecule has 4 rings (SSSR count). The molecule has 0 N–H and O–H groups in total. The number of morpholine rings is 1. The number of benzene rings is 2. The number of para-hydroxylation sites is 3. The third-order valence-corrected chi connectivity index (χ3v) is 4.31. The van der Waals surface area contributed by atoms with Crippen molar-refractivity contribution >= 4 is 28.0 Å². The van der Waals surface area contributed by atoms with Crippen LogP contribution < -0.4 is 0 Å². The molecule has 1 aromatic heterocycles. The van der Waals surface area contributed by atoms with Gasteiger partial charge in [-0.2, -0.15) is 0 Å². The van der Waals surface area contributed by atoms with E-state index in [9.17, 15) is 4.79 Å². The summed E-state index contributed by atoms with van der Waals surface area (Å²) in [6.45, 7) is 5.18. The number of aromatic nitrogens is 2. The molecule has 3 aromatic rings. The van der Waals surface area contributed by atoms with Crippen molar-refractivity contribution in [3.63, 3.8) is 0 Å². The van der Waals surface area contributed by atoms with E-state index in [4.69, 9.17) is 9.72 Å². The Bertz CT molecular complexity index is 915. The molecular formula is C19H19N3O2. The number of hydrogen-bond acceptors (Lipinski definition) is 4. The molecule has 2 heterocycles. The molecule has 5 nitrogen and oxygen atoms in total. The van der Waals surface area contributed by atoms with Crippen molar-refractivity contribution in [1.29, 1.82) is 0 Å². The Morgan fingerprint density at radius 1 is 0.958 bits per heavy atom. The third kappa shape index (κ3) is 2.61. The van der Waals surface area contributed by atoms with Crippen molar-refractivity contribution in [2.75, 3.05) is 13.1 Å². The summed E-state index contributed by atoms with van der Waals surface area (Å²) < 4.78 is 5.73. The van der Waals surface area contributed by atoms with Crippen molar-refractivity contribution in [2.45, 2.75) is 26.1 Å². The lowest BCUT2D eigenvalue weighted by Crippen LogP contribution is -2.48. The highest BCUT2D eigenvalue weighted by Crippen LogP contribution is 2.22. The van der Waals surface area contributed by atoms with Crippen LogP contribution in [-0.4, -0.2) is 46.1 Å². The molecule has 5 heteroatoms. The fourth-order valence-electron chi connectivity index (χ4n) is 3.33. The normalized spacial score (nSPS) is 21.3. The Morgan fingerprint density at radius 3 is 2.29 bits per heavy atom. The summed E-state index contributed by atoms with van der Waals surface area (Å²) in [5, 5.41) is 0. The van der Waals surface area contributed by atoms with E-state index >= 15 is 0 Å². The van der Waals surface area contributed by atoms with Crippen LogP contribution >= 0.6 is 0 Å². The van der Waals surface area contributed by atoms with Crippen LogP contribution in [0.25, 0.3) is 22.1 Å². The minimum absolute atomic E-state index is 0.00724. The second-order valence-electron chi connectivity index (χ2n) is 6.35. The van der Waals surface area contributed by atoms with Crippen LogP contribution in [0.3, 0.4) is 0 Å². The predicted octanol–water partition coefficient (Wildman–Crippen LogP) is 3.03. The van der Waals surface area contributed by atoms with Crippen LogP contribution in [0.2, 0.25) is 0 Å². The first-order valence-corrected chi connectivity index (χ1v) is 8.22. The Kier molecular flexibility index (Phi) is 3.65. The molecule has 0 unspecified atom stereocenters. The molecular weight excluding hydrogens is 302 g/mol. The molecule has 1 fully saturated rings. The fourth-order valence-corrected chi connectivity index (χ4v) is 3.33. The number of carbonyl (C=O) groups excluding carboxylic acids is 1. The molecule has 2 atom stereocenters. The zero-order chi connectivity index (χ0) is 16.7. The van der Waals surface area contributed by atoms with Crippen LogP contribution in [0.5, 0.6) is 0 Å². The highest BCUT2D eigenvalue weighted by atomic mass is 16.5. The molecule has 1 aliphatic heterocycles. The Labute approximate surface area is 140 Å². The van der Waals surface area contributed by atoms with Gasteiger partial charge in [0.2, 0.25) is 0 Å². The summed E-state index contributed by atoms with van der Waals surface area (Å²) in [6, 6.07) is 13.3. The zero-order valence-electron chi connectivity index (χ0n) is 13.8. The maximum atomic E-state index is 13.0. The Balaban J connectivity index is 1.81. The lowest BCUT2D eigenvalue weighted by molar-refractivity contribution is -0.0585. The van der Waals surface area contributed by atoms with Crippen molar-refractivity contribution in [2.24, 2.45) is 0 Å². The summed E-state index contributed by atoms with van der Waals surface area (Å²) in [7, 11) is 0. The van der Waals surface area contributed by atoms with Gasteiger partial charge in [-0.05, 0) is 38.1 Å². The molecule has 2 aromatic carbocycles. The average Bonchev–Trinajstić information content (AvgIpc) is 2.58. The summed E-state index contributed by atoms with van der Waals surface area (Å²) >= 11 is 0. The van der Waals surface area contributed by atoms with Crippen LogP contribution in [-0.2, 0) is 4.74 Å². The summed E-state index contributed by atoms with van der Waals surface area (Å²) in [5.41, 5.74) is 3.64. The SMILES string of the molecule is C[C@@H]1CN(C(=O)c2cccc3nc4ccccc4nc23)C[C@H](C)O1. The molecule has 1 saturated heterocycles. The maximum absolute atomic E-state index is 13.0. The number of carbonyl (C=O) groups is 1. The average molecular weight is 321 g/mol. The minimum atomic E-state index is -0.00724. The zero-order valence-corrected chi connectivity index (χ0v) is 13.8. The number of amides is 1. The van der Waals surface area contributed by atoms with Gasteiger partial charge in [-0.3, -0.25) is 4.79 Å². The maximum Gasteiger partial charge on any atom is 0.256 e. The number of rotatable bonds is 1. The first-order chi connectivity index (χ1) is 11.6. The van der Waals surface area contributed by atoms with Crippen LogP contribution in [0.15, 0.2) is 42.5 Å². The van der Waals surface area contributed by atoms with Gasteiger partial charge in [-0.25, -0.2) is 9.97 Å². The van der Waals surface area contributed by atoms with E-state index in [1.54, 1.807) is 0 Å². The predicted molar refractivity (Wildman–Crippen MR) is 93.0 cm³/mol. The molecule has 0 spiro atoms. The topological polar surface area (TPSA) is 55.3 Å². The number of fused-ring (bicyclic) bond motifs is 2. The molecule has 0 radical (unpaired) electrons.